The van der Waals surface area contributed by atoms with Gasteiger partial charge in [-0.25, -0.2) is 0 Å². The van der Waals surface area contributed by atoms with Crippen LogP contribution in [-0.4, -0.2) is 45.7 Å². The average molecular weight is 381 g/mol. The zero-order chi connectivity index (χ0) is 20.0. The molecule has 1 aliphatic heterocycles. The van der Waals surface area contributed by atoms with E-state index in [0.717, 1.165) is 28.6 Å². The van der Waals surface area contributed by atoms with Gasteiger partial charge in [-0.3, -0.25) is 14.6 Å². The molecule has 0 radical (unpaired) electrons. The standard InChI is InChI=1S/C21H23N3O4/c1-11-7-15-19(23-24(20(11)15)9-13(10-25)8-17(26)27)18-12(2)14-5-3-4-6-16(14)22-21(18)28/h3-6,10-11,13,15,20H,7-9H2,1-2H3,(H,22,28)(H,26,27). The number of aryl methyl sites for hydroxylation is 1. The molecule has 4 unspecified atom stereocenters. The van der Waals surface area contributed by atoms with Crippen molar-refractivity contribution in [3.8, 4) is 0 Å². The second-order valence-electron chi connectivity index (χ2n) is 7.91. The van der Waals surface area contributed by atoms with Gasteiger partial charge in [-0.05, 0) is 30.9 Å². The lowest BCUT2D eigenvalue weighted by Gasteiger charge is -2.43. The average Bonchev–Trinajstić information content (AvgIpc) is 2.92. The zero-order valence-corrected chi connectivity index (χ0v) is 15.9. The molecule has 7 heteroatoms. The number of benzene rings is 1. The molecular formula is C21H23N3O4. The lowest BCUT2D eigenvalue weighted by molar-refractivity contribution is -0.139. The van der Waals surface area contributed by atoms with E-state index in [0.29, 0.717) is 17.8 Å². The summed E-state index contributed by atoms with van der Waals surface area (Å²) in [6.45, 7) is 4.32. The van der Waals surface area contributed by atoms with Gasteiger partial charge in [-0.2, -0.15) is 5.10 Å². The number of hydrogen-bond donors (Lipinski definition) is 2. The highest BCUT2D eigenvalue weighted by atomic mass is 16.4. The Morgan fingerprint density at radius 3 is 2.86 bits per heavy atom. The van der Waals surface area contributed by atoms with Crippen molar-refractivity contribution in [3.63, 3.8) is 0 Å². The summed E-state index contributed by atoms with van der Waals surface area (Å²) in [6.07, 6.45) is 1.40. The lowest BCUT2D eigenvalue weighted by atomic mass is 9.67. The maximum atomic E-state index is 12.8. The Morgan fingerprint density at radius 1 is 1.43 bits per heavy atom. The fourth-order valence-corrected chi connectivity index (χ4v) is 4.67. The molecule has 1 aromatic heterocycles. The number of carboxylic acid groups (broad SMARTS) is 1. The number of nitrogens with one attached hydrogen (secondary N) is 1. The summed E-state index contributed by atoms with van der Waals surface area (Å²) < 4.78 is 0. The number of hydrogen-bond acceptors (Lipinski definition) is 5. The monoisotopic (exact) mass is 381 g/mol. The predicted molar refractivity (Wildman–Crippen MR) is 105 cm³/mol. The number of pyridine rings is 1. The van der Waals surface area contributed by atoms with Crippen LogP contribution in [0.5, 0.6) is 0 Å². The molecule has 146 valence electrons. The summed E-state index contributed by atoms with van der Waals surface area (Å²) in [5.41, 5.74) is 2.89. The number of carbonyl (C=O) groups is 2. The van der Waals surface area contributed by atoms with Gasteiger partial charge in [0.05, 0.1) is 23.7 Å². The van der Waals surface area contributed by atoms with Gasteiger partial charge in [0, 0.05) is 29.3 Å². The number of nitrogens with zero attached hydrogens (tertiary/aromatic N) is 2. The smallest absolute Gasteiger partial charge is 0.304 e. The van der Waals surface area contributed by atoms with Crippen molar-refractivity contribution in [2.24, 2.45) is 22.9 Å². The number of aldehydes is 1. The van der Waals surface area contributed by atoms with E-state index in [1.807, 2.05) is 36.2 Å². The van der Waals surface area contributed by atoms with Crippen LogP contribution < -0.4 is 5.56 Å². The van der Waals surface area contributed by atoms with Crippen molar-refractivity contribution >= 4 is 28.9 Å². The first kappa shape index (κ1) is 18.4. The predicted octanol–water partition coefficient (Wildman–Crippen LogP) is 2.17. The first-order chi connectivity index (χ1) is 13.4. The van der Waals surface area contributed by atoms with E-state index < -0.39 is 11.9 Å². The normalized spacial score (nSPS) is 24.4. The summed E-state index contributed by atoms with van der Waals surface area (Å²) in [5.74, 6) is -1.11. The molecule has 2 aliphatic rings. The number of hydrazone groups is 1. The minimum absolute atomic E-state index is 0.108. The van der Waals surface area contributed by atoms with Crippen molar-refractivity contribution in [2.45, 2.75) is 32.7 Å². The quantitative estimate of drug-likeness (QED) is 0.747. The summed E-state index contributed by atoms with van der Waals surface area (Å²) in [4.78, 5) is 38.1. The number of H-pyrrole nitrogens is 1. The molecule has 2 N–H and O–H groups in total. The summed E-state index contributed by atoms with van der Waals surface area (Å²) in [7, 11) is 0. The molecule has 1 saturated carbocycles. The van der Waals surface area contributed by atoms with Crippen molar-refractivity contribution < 1.29 is 14.7 Å². The molecule has 0 spiro atoms. The maximum absolute atomic E-state index is 12.8. The van der Waals surface area contributed by atoms with E-state index in [4.69, 9.17) is 10.2 Å². The van der Waals surface area contributed by atoms with Gasteiger partial charge >= 0.3 is 5.97 Å². The highest BCUT2D eigenvalue weighted by Gasteiger charge is 2.50. The van der Waals surface area contributed by atoms with Crippen LogP contribution in [0.1, 0.15) is 30.9 Å². The van der Waals surface area contributed by atoms with Crippen LogP contribution in [0.15, 0.2) is 34.2 Å². The number of rotatable bonds is 6. The van der Waals surface area contributed by atoms with Gasteiger partial charge in [-0.1, -0.05) is 25.1 Å². The highest BCUT2D eigenvalue weighted by Crippen LogP contribution is 2.45. The Labute approximate surface area is 162 Å². The van der Waals surface area contributed by atoms with Crippen molar-refractivity contribution in [2.75, 3.05) is 6.54 Å². The van der Waals surface area contributed by atoms with E-state index in [-0.39, 0.29) is 30.5 Å². The Hall–Kier alpha value is -2.96. The summed E-state index contributed by atoms with van der Waals surface area (Å²) in [6, 6.07) is 7.79. The molecule has 4 atom stereocenters. The molecule has 28 heavy (non-hydrogen) atoms. The van der Waals surface area contributed by atoms with Crippen LogP contribution in [0.4, 0.5) is 0 Å². The SMILES string of the molecule is Cc1c(C2=NN(CC(C=O)CC(=O)O)C3C(C)CC23)c(=O)[nH]c2ccccc12. The maximum Gasteiger partial charge on any atom is 0.304 e. The molecule has 1 aliphatic carbocycles. The first-order valence-corrected chi connectivity index (χ1v) is 9.55. The number of aromatic nitrogens is 1. The van der Waals surface area contributed by atoms with Crippen LogP contribution in [0, 0.1) is 24.7 Å². The fraction of sp³-hybridized carbons (Fsp3) is 0.429. The number of carbonyl (C=O) groups excluding carboxylic acids is 1. The molecule has 0 saturated heterocycles. The van der Waals surface area contributed by atoms with E-state index in [2.05, 4.69) is 11.9 Å². The molecule has 1 aromatic carbocycles. The Morgan fingerprint density at radius 2 is 2.18 bits per heavy atom. The van der Waals surface area contributed by atoms with E-state index in [1.54, 1.807) is 0 Å². The Balaban J connectivity index is 1.74. The summed E-state index contributed by atoms with van der Waals surface area (Å²) >= 11 is 0. The van der Waals surface area contributed by atoms with Gasteiger partial charge in [0.1, 0.15) is 6.29 Å². The van der Waals surface area contributed by atoms with Crippen LogP contribution >= 0.6 is 0 Å². The third-order valence-corrected chi connectivity index (χ3v) is 6.04. The van der Waals surface area contributed by atoms with Crippen LogP contribution in [0.25, 0.3) is 10.9 Å². The molecular weight excluding hydrogens is 358 g/mol. The minimum Gasteiger partial charge on any atom is -0.481 e. The van der Waals surface area contributed by atoms with Gasteiger partial charge in [-0.15, -0.1) is 0 Å². The second-order valence-corrected chi connectivity index (χ2v) is 7.91. The van der Waals surface area contributed by atoms with Crippen LogP contribution in [-0.2, 0) is 9.59 Å². The molecule has 7 nitrogen and oxygen atoms in total. The van der Waals surface area contributed by atoms with Crippen LogP contribution in [0.2, 0.25) is 0 Å². The number of para-hydroxylation sites is 1. The molecule has 0 bridgehead atoms. The van der Waals surface area contributed by atoms with Gasteiger partial charge in [0.2, 0.25) is 0 Å². The topological polar surface area (TPSA) is 103 Å². The highest BCUT2D eigenvalue weighted by molar-refractivity contribution is 6.07. The number of carboxylic acids is 1. The van der Waals surface area contributed by atoms with Crippen molar-refractivity contribution in [1.29, 1.82) is 0 Å². The van der Waals surface area contributed by atoms with E-state index in [9.17, 15) is 14.4 Å². The third-order valence-electron chi connectivity index (χ3n) is 6.04. The van der Waals surface area contributed by atoms with E-state index >= 15 is 0 Å². The fourth-order valence-electron chi connectivity index (χ4n) is 4.67. The number of aliphatic carboxylic acids is 1. The second kappa shape index (κ2) is 6.89. The largest absolute Gasteiger partial charge is 0.481 e. The summed E-state index contributed by atoms with van der Waals surface area (Å²) in [5, 5.41) is 16.6. The van der Waals surface area contributed by atoms with Crippen molar-refractivity contribution in [1.82, 2.24) is 9.99 Å². The zero-order valence-electron chi connectivity index (χ0n) is 15.9. The molecule has 2 heterocycles. The van der Waals surface area contributed by atoms with Crippen molar-refractivity contribution in [3.05, 3.63) is 45.7 Å². The number of fused-ring (bicyclic) bond motifs is 2. The molecule has 4 rings (SSSR count). The Bertz CT molecular complexity index is 1040. The van der Waals surface area contributed by atoms with E-state index in [1.165, 1.54) is 0 Å². The first-order valence-electron chi connectivity index (χ1n) is 9.55. The molecule has 2 aromatic rings. The van der Waals surface area contributed by atoms with Gasteiger partial charge in [0.25, 0.3) is 5.56 Å². The van der Waals surface area contributed by atoms with Gasteiger partial charge < -0.3 is 14.9 Å². The minimum atomic E-state index is -1.000. The Kier molecular flexibility index (Phi) is 4.53. The number of aromatic amines is 1. The lowest BCUT2D eigenvalue weighted by Crippen LogP contribution is -2.50. The molecule has 0 amide bonds. The molecule has 1 fully saturated rings. The van der Waals surface area contributed by atoms with Gasteiger partial charge in [0.15, 0.2) is 0 Å². The third kappa shape index (κ3) is 2.91. The van der Waals surface area contributed by atoms with Crippen LogP contribution in [0.3, 0.4) is 0 Å².